The molecule has 2 saturated heterocycles. The molecule has 7 heteroatoms. The number of hydrogen-bond donors (Lipinski definition) is 0. The lowest BCUT2D eigenvalue weighted by molar-refractivity contribution is -0.0716. The largest absolute Gasteiger partial charge is 0.378 e. The summed E-state index contributed by atoms with van der Waals surface area (Å²) in [6.45, 7) is 7.45. The summed E-state index contributed by atoms with van der Waals surface area (Å²) in [5.74, 6) is 0. The molecular formula is C15H24N2O3S2. The van der Waals surface area contributed by atoms with Crippen molar-refractivity contribution in [3.05, 3.63) is 17.0 Å². The summed E-state index contributed by atoms with van der Waals surface area (Å²) in [5, 5.41) is 1.89. The molecule has 0 saturated carbocycles. The van der Waals surface area contributed by atoms with Crippen LogP contribution in [-0.2, 0) is 14.8 Å². The number of hydrogen-bond acceptors (Lipinski definition) is 5. The predicted octanol–water partition coefficient (Wildman–Crippen LogP) is 1.93. The van der Waals surface area contributed by atoms with E-state index < -0.39 is 10.0 Å². The van der Waals surface area contributed by atoms with Gasteiger partial charge in [0, 0.05) is 31.7 Å². The topological polar surface area (TPSA) is 49.9 Å². The smallest absolute Gasteiger partial charge is 0.252 e. The molecule has 0 spiro atoms. The maximum atomic E-state index is 12.8. The van der Waals surface area contributed by atoms with Crippen molar-refractivity contribution in [1.29, 1.82) is 0 Å². The Hall–Kier alpha value is -0.470. The zero-order valence-corrected chi connectivity index (χ0v) is 14.8. The Labute approximate surface area is 136 Å². The van der Waals surface area contributed by atoms with Crippen LogP contribution in [0.25, 0.3) is 0 Å². The first kappa shape index (κ1) is 16.4. The van der Waals surface area contributed by atoms with E-state index in [9.17, 15) is 8.42 Å². The van der Waals surface area contributed by atoms with E-state index in [0.717, 1.165) is 31.6 Å². The van der Waals surface area contributed by atoms with E-state index in [0.29, 0.717) is 29.9 Å². The van der Waals surface area contributed by atoms with Gasteiger partial charge in [0.25, 0.3) is 10.0 Å². The molecule has 0 radical (unpaired) electrons. The highest BCUT2D eigenvalue weighted by Crippen LogP contribution is 2.28. The Kier molecular flexibility index (Phi) is 4.89. The van der Waals surface area contributed by atoms with E-state index >= 15 is 0 Å². The van der Waals surface area contributed by atoms with Crippen LogP contribution < -0.4 is 0 Å². The van der Waals surface area contributed by atoms with Crippen molar-refractivity contribution in [3.8, 4) is 0 Å². The van der Waals surface area contributed by atoms with Gasteiger partial charge in [-0.1, -0.05) is 13.3 Å². The number of piperazine rings is 1. The molecule has 2 atom stereocenters. The molecule has 22 heavy (non-hydrogen) atoms. The molecule has 0 aromatic carbocycles. The van der Waals surface area contributed by atoms with Crippen LogP contribution in [0.1, 0.15) is 25.3 Å². The van der Waals surface area contributed by atoms with E-state index in [2.05, 4.69) is 11.8 Å². The number of sulfonamides is 1. The van der Waals surface area contributed by atoms with Gasteiger partial charge in [-0.05, 0) is 30.4 Å². The van der Waals surface area contributed by atoms with Gasteiger partial charge in [-0.25, -0.2) is 8.42 Å². The molecule has 0 bridgehead atoms. The van der Waals surface area contributed by atoms with Gasteiger partial charge in [-0.3, -0.25) is 4.90 Å². The molecule has 2 fully saturated rings. The summed E-state index contributed by atoms with van der Waals surface area (Å²) >= 11 is 1.31. The van der Waals surface area contributed by atoms with Crippen molar-refractivity contribution in [3.63, 3.8) is 0 Å². The van der Waals surface area contributed by atoms with E-state index in [4.69, 9.17) is 4.74 Å². The van der Waals surface area contributed by atoms with Crippen LogP contribution >= 0.6 is 11.3 Å². The average molecular weight is 345 g/mol. The van der Waals surface area contributed by atoms with Crippen molar-refractivity contribution in [2.75, 3.05) is 32.8 Å². The van der Waals surface area contributed by atoms with E-state index in [1.807, 2.05) is 12.3 Å². The van der Waals surface area contributed by atoms with Crippen LogP contribution in [0.4, 0.5) is 0 Å². The first-order valence-electron chi connectivity index (χ1n) is 7.91. The molecule has 1 aromatic rings. The number of fused-ring (bicyclic) bond motifs is 1. The van der Waals surface area contributed by atoms with Crippen LogP contribution in [0.2, 0.25) is 0 Å². The highest BCUT2D eigenvalue weighted by molar-refractivity contribution is 7.91. The summed E-state index contributed by atoms with van der Waals surface area (Å²) in [7, 11) is -3.35. The minimum Gasteiger partial charge on any atom is -0.378 e. The third-order valence-corrected chi connectivity index (χ3v) is 7.90. The fourth-order valence-electron chi connectivity index (χ4n) is 3.37. The number of ether oxygens (including phenoxy) is 1. The summed E-state index contributed by atoms with van der Waals surface area (Å²) in [6.07, 6.45) is 2.25. The summed E-state index contributed by atoms with van der Waals surface area (Å²) in [4.78, 5) is 2.46. The standard InChI is InChI=1S/C15H24N2O3S2/c1-3-4-13-9-20-10-14-8-16(5-6-17(13)14)22(18,19)15-7-12(2)11-21-15/h7,11,13-14H,3-6,8-10H2,1-2H3/t13-,14+/m0/s1. The fraction of sp³-hybridized carbons (Fsp3) is 0.733. The Balaban J connectivity index is 1.74. The molecule has 2 aliphatic rings. The van der Waals surface area contributed by atoms with Gasteiger partial charge in [0.05, 0.1) is 13.2 Å². The second-order valence-corrected chi connectivity index (χ2v) is 9.25. The minimum atomic E-state index is -3.35. The Morgan fingerprint density at radius 1 is 1.36 bits per heavy atom. The fourth-order valence-corrected chi connectivity index (χ4v) is 6.22. The van der Waals surface area contributed by atoms with Crippen molar-refractivity contribution >= 4 is 21.4 Å². The van der Waals surface area contributed by atoms with E-state index in [1.54, 1.807) is 10.4 Å². The van der Waals surface area contributed by atoms with Crippen LogP contribution in [0.3, 0.4) is 0 Å². The van der Waals surface area contributed by atoms with Crippen molar-refractivity contribution in [2.24, 2.45) is 0 Å². The van der Waals surface area contributed by atoms with Crippen LogP contribution in [-0.4, -0.2) is 62.6 Å². The van der Waals surface area contributed by atoms with Crippen molar-refractivity contribution in [2.45, 2.75) is 43.0 Å². The van der Waals surface area contributed by atoms with Crippen molar-refractivity contribution in [1.82, 2.24) is 9.21 Å². The second kappa shape index (κ2) is 6.57. The van der Waals surface area contributed by atoms with E-state index in [-0.39, 0.29) is 6.04 Å². The Morgan fingerprint density at radius 3 is 2.86 bits per heavy atom. The number of nitrogens with zero attached hydrogens (tertiary/aromatic N) is 2. The zero-order valence-electron chi connectivity index (χ0n) is 13.2. The second-order valence-electron chi connectivity index (χ2n) is 6.18. The van der Waals surface area contributed by atoms with Crippen LogP contribution in [0.15, 0.2) is 15.7 Å². The quantitative estimate of drug-likeness (QED) is 0.837. The average Bonchev–Trinajstić information content (AvgIpc) is 2.95. The molecule has 124 valence electrons. The van der Waals surface area contributed by atoms with Gasteiger partial charge in [0.2, 0.25) is 0 Å². The zero-order chi connectivity index (χ0) is 15.7. The molecule has 1 aromatic heterocycles. The monoisotopic (exact) mass is 344 g/mol. The lowest BCUT2D eigenvalue weighted by Crippen LogP contribution is -2.62. The van der Waals surface area contributed by atoms with Gasteiger partial charge in [0.1, 0.15) is 4.21 Å². The van der Waals surface area contributed by atoms with Gasteiger partial charge in [-0.2, -0.15) is 4.31 Å². The van der Waals surface area contributed by atoms with Gasteiger partial charge in [0.15, 0.2) is 0 Å². The maximum absolute atomic E-state index is 12.8. The molecule has 0 unspecified atom stereocenters. The first-order valence-corrected chi connectivity index (χ1v) is 10.2. The molecule has 5 nitrogen and oxygen atoms in total. The summed E-state index contributed by atoms with van der Waals surface area (Å²) in [6, 6.07) is 2.40. The molecule has 3 heterocycles. The number of aryl methyl sites for hydroxylation is 1. The van der Waals surface area contributed by atoms with Crippen LogP contribution in [0, 0.1) is 6.92 Å². The maximum Gasteiger partial charge on any atom is 0.252 e. The van der Waals surface area contributed by atoms with Gasteiger partial charge in [-0.15, -0.1) is 11.3 Å². The molecule has 3 rings (SSSR count). The SMILES string of the molecule is CCC[C@H]1COC[C@H]2CN(S(=O)(=O)c3cc(C)cs3)CCN12. The number of thiophene rings is 1. The molecule has 2 aliphatic heterocycles. The lowest BCUT2D eigenvalue weighted by atomic mass is 10.0. The number of rotatable bonds is 4. The minimum absolute atomic E-state index is 0.190. The molecule has 0 N–H and O–H groups in total. The molecule has 0 amide bonds. The normalized spacial score (nSPS) is 27.7. The first-order chi connectivity index (χ1) is 10.5. The Bertz CT molecular complexity index is 612. The third-order valence-electron chi connectivity index (χ3n) is 4.50. The van der Waals surface area contributed by atoms with Crippen molar-refractivity contribution < 1.29 is 13.2 Å². The molecular weight excluding hydrogens is 320 g/mol. The van der Waals surface area contributed by atoms with Crippen LogP contribution in [0.5, 0.6) is 0 Å². The highest BCUT2D eigenvalue weighted by atomic mass is 32.2. The third kappa shape index (κ3) is 3.10. The summed E-state index contributed by atoms with van der Waals surface area (Å²) < 4.78 is 33.3. The Morgan fingerprint density at radius 2 is 2.18 bits per heavy atom. The van der Waals surface area contributed by atoms with Gasteiger partial charge >= 0.3 is 0 Å². The predicted molar refractivity (Wildman–Crippen MR) is 87.8 cm³/mol. The van der Waals surface area contributed by atoms with Gasteiger partial charge < -0.3 is 4.74 Å². The molecule has 0 aliphatic carbocycles. The highest BCUT2D eigenvalue weighted by Gasteiger charge is 2.39. The summed E-state index contributed by atoms with van der Waals surface area (Å²) in [5.41, 5.74) is 1.01. The van der Waals surface area contributed by atoms with E-state index in [1.165, 1.54) is 11.3 Å². The number of morpholine rings is 1. The lowest BCUT2D eigenvalue weighted by Gasteiger charge is -2.47.